The van der Waals surface area contributed by atoms with Gasteiger partial charge in [-0.15, -0.1) is 22.0 Å². The first-order chi connectivity index (χ1) is 10.8. The second-order valence-electron chi connectivity index (χ2n) is 4.26. The third-order valence-electron chi connectivity index (χ3n) is 2.72. The largest absolute Gasteiger partial charge is 0.411 e. The number of rotatable bonds is 6. The summed E-state index contributed by atoms with van der Waals surface area (Å²) in [6.45, 7) is 0. The summed E-state index contributed by atoms with van der Waals surface area (Å²) in [6, 6.07) is 10.1. The van der Waals surface area contributed by atoms with E-state index >= 15 is 0 Å². The van der Waals surface area contributed by atoms with Crippen molar-refractivity contribution in [1.82, 2.24) is 15.2 Å². The molecule has 0 aliphatic carbocycles. The average molecular weight is 333 g/mol. The van der Waals surface area contributed by atoms with Crippen molar-refractivity contribution in [3.63, 3.8) is 0 Å². The molecule has 2 heterocycles. The van der Waals surface area contributed by atoms with E-state index in [1.54, 1.807) is 36.3 Å². The van der Waals surface area contributed by atoms with Crippen LogP contribution in [0.2, 0.25) is 0 Å². The normalized spacial score (nSPS) is 10.8. The Morgan fingerprint density at radius 1 is 0.909 bits per heavy atom. The van der Waals surface area contributed by atoms with Crippen LogP contribution in [-0.2, 0) is 0 Å². The monoisotopic (exact) mass is 333 g/mol. The van der Waals surface area contributed by atoms with Crippen LogP contribution < -0.4 is 0 Å². The van der Waals surface area contributed by atoms with Gasteiger partial charge < -0.3 is 4.42 Å². The van der Waals surface area contributed by atoms with Gasteiger partial charge in [-0.25, -0.2) is 4.39 Å². The standard InChI is InChI=1S/C15H12FN3OS2/c16-12-1-3-13(4-2-12)21-9-10-22-15-19-18-14(20-15)11-5-7-17-8-6-11/h1-8H,9-10H2. The lowest BCUT2D eigenvalue weighted by Crippen LogP contribution is -1.84. The summed E-state index contributed by atoms with van der Waals surface area (Å²) >= 11 is 3.17. The van der Waals surface area contributed by atoms with E-state index in [-0.39, 0.29) is 5.82 Å². The fourth-order valence-electron chi connectivity index (χ4n) is 1.70. The number of hydrogen-bond donors (Lipinski definition) is 0. The molecule has 0 N–H and O–H groups in total. The summed E-state index contributed by atoms with van der Waals surface area (Å²) in [7, 11) is 0. The van der Waals surface area contributed by atoms with Gasteiger partial charge in [0.05, 0.1) is 0 Å². The van der Waals surface area contributed by atoms with Crippen molar-refractivity contribution in [2.75, 3.05) is 11.5 Å². The molecule has 0 atom stereocenters. The Labute approximate surface area is 135 Å². The van der Waals surface area contributed by atoms with Crippen LogP contribution >= 0.6 is 23.5 Å². The highest BCUT2D eigenvalue weighted by atomic mass is 32.2. The second kappa shape index (κ2) is 7.42. The van der Waals surface area contributed by atoms with Crippen LogP contribution in [0.15, 0.2) is 63.3 Å². The van der Waals surface area contributed by atoms with Crippen LogP contribution in [0, 0.1) is 5.82 Å². The SMILES string of the molecule is Fc1ccc(SCCSc2nnc(-c3ccncc3)o2)cc1. The van der Waals surface area contributed by atoms with Crippen molar-refractivity contribution >= 4 is 23.5 Å². The Bertz CT molecular complexity index is 719. The molecule has 7 heteroatoms. The number of nitrogens with zero attached hydrogens (tertiary/aromatic N) is 3. The predicted molar refractivity (Wildman–Crippen MR) is 85.4 cm³/mol. The minimum Gasteiger partial charge on any atom is -0.411 e. The summed E-state index contributed by atoms with van der Waals surface area (Å²) in [4.78, 5) is 5.00. The highest BCUT2D eigenvalue weighted by Crippen LogP contribution is 2.25. The molecule has 0 radical (unpaired) electrons. The van der Waals surface area contributed by atoms with E-state index in [2.05, 4.69) is 15.2 Å². The van der Waals surface area contributed by atoms with Crippen LogP contribution in [-0.4, -0.2) is 26.7 Å². The molecule has 4 nitrogen and oxygen atoms in total. The van der Waals surface area contributed by atoms with Crippen LogP contribution in [0.3, 0.4) is 0 Å². The zero-order chi connectivity index (χ0) is 15.2. The lowest BCUT2D eigenvalue weighted by molar-refractivity contribution is 0.466. The molecule has 3 aromatic rings. The number of pyridine rings is 1. The Kier molecular flexibility index (Phi) is 5.07. The predicted octanol–water partition coefficient (Wildman–Crippen LogP) is 4.16. The molecule has 0 spiro atoms. The first-order valence-corrected chi connectivity index (χ1v) is 8.53. The van der Waals surface area contributed by atoms with Gasteiger partial charge in [0.15, 0.2) is 0 Å². The first kappa shape index (κ1) is 15.1. The fraction of sp³-hybridized carbons (Fsp3) is 0.133. The van der Waals surface area contributed by atoms with Crippen molar-refractivity contribution < 1.29 is 8.81 Å². The number of hydrogen-bond acceptors (Lipinski definition) is 6. The van der Waals surface area contributed by atoms with Gasteiger partial charge in [-0.2, -0.15) is 0 Å². The van der Waals surface area contributed by atoms with Gasteiger partial charge in [0.25, 0.3) is 5.22 Å². The van der Waals surface area contributed by atoms with E-state index in [1.807, 2.05) is 12.1 Å². The van der Waals surface area contributed by atoms with Crippen molar-refractivity contribution in [1.29, 1.82) is 0 Å². The third kappa shape index (κ3) is 4.08. The van der Waals surface area contributed by atoms with E-state index in [0.29, 0.717) is 11.1 Å². The van der Waals surface area contributed by atoms with E-state index in [0.717, 1.165) is 22.0 Å². The number of benzene rings is 1. The molecule has 112 valence electrons. The minimum absolute atomic E-state index is 0.215. The lowest BCUT2D eigenvalue weighted by atomic mass is 10.3. The Hall–Kier alpha value is -1.86. The summed E-state index contributed by atoms with van der Waals surface area (Å²) in [5.41, 5.74) is 0.857. The molecule has 0 saturated heterocycles. The maximum absolute atomic E-state index is 12.8. The third-order valence-corrected chi connectivity index (χ3v) is 4.82. The van der Waals surface area contributed by atoms with Crippen molar-refractivity contribution in [2.45, 2.75) is 10.1 Å². The summed E-state index contributed by atoms with van der Waals surface area (Å²) in [5.74, 6) is 1.99. The highest BCUT2D eigenvalue weighted by Gasteiger charge is 2.08. The van der Waals surface area contributed by atoms with Crippen molar-refractivity contribution in [3.05, 3.63) is 54.6 Å². The molecular formula is C15H12FN3OS2. The maximum Gasteiger partial charge on any atom is 0.276 e. The number of aromatic nitrogens is 3. The molecule has 22 heavy (non-hydrogen) atoms. The summed E-state index contributed by atoms with van der Waals surface area (Å²) in [5, 5.41) is 8.58. The fourth-order valence-corrected chi connectivity index (χ4v) is 3.34. The van der Waals surface area contributed by atoms with Crippen LogP contribution in [0.1, 0.15) is 0 Å². The summed E-state index contributed by atoms with van der Waals surface area (Å²) in [6.07, 6.45) is 3.37. The van der Waals surface area contributed by atoms with Gasteiger partial charge in [-0.3, -0.25) is 4.98 Å². The Balaban J connectivity index is 1.48. The average Bonchev–Trinajstić information content (AvgIpc) is 3.03. The van der Waals surface area contributed by atoms with Gasteiger partial charge in [-0.1, -0.05) is 11.8 Å². The van der Waals surface area contributed by atoms with Gasteiger partial charge in [0, 0.05) is 34.4 Å². The number of thioether (sulfide) groups is 2. The summed E-state index contributed by atoms with van der Waals surface area (Å²) < 4.78 is 18.4. The molecule has 0 unspecified atom stereocenters. The number of halogens is 1. The van der Waals surface area contributed by atoms with Gasteiger partial charge >= 0.3 is 0 Å². The van der Waals surface area contributed by atoms with Gasteiger partial charge in [0.1, 0.15) is 5.82 Å². The molecule has 2 aromatic heterocycles. The molecule has 0 aliphatic heterocycles. The first-order valence-electron chi connectivity index (χ1n) is 6.56. The zero-order valence-electron chi connectivity index (χ0n) is 11.5. The lowest BCUT2D eigenvalue weighted by Gasteiger charge is -1.99. The van der Waals surface area contributed by atoms with Crippen LogP contribution in [0.25, 0.3) is 11.5 Å². The molecule has 3 rings (SSSR count). The molecule has 1 aromatic carbocycles. The molecule has 0 saturated carbocycles. The van der Waals surface area contributed by atoms with E-state index in [4.69, 9.17) is 4.42 Å². The maximum atomic E-state index is 12.8. The molecular weight excluding hydrogens is 321 g/mol. The van der Waals surface area contributed by atoms with Gasteiger partial charge in [-0.05, 0) is 36.4 Å². The topological polar surface area (TPSA) is 51.8 Å². The van der Waals surface area contributed by atoms with Crippen LogP contribution in [0.5, 0.6) is 0 Å². The second-order valence-corrected chi connectivity index (χ2v) is 6.47. The molecule has 0 amide bonds. The smallest absolute Gasteiger partial charge is 0.276 e. The minimum atomic E-state index is -0.215. The Morgan fingerprint density at radius 2 is 1.64 bits per heavy atom. The molecule has 0 fully saturated rings. The van der Waals surface area contributed by atoms with Crippen LogP contribution in [0.4, 0.5) is 4.39 Å². The highest BCUT2D eigenvalue weighted by molar-refractivity contribution is 8.02. The van der Waals surface area contributed by atoms with Crippen molar-refractivity contribution in [2.24, 2.45) is 0 Å². The van der Waals surface area contributed by atoms with Gasteiger partial charge in [0.2, 0.25) is 5.89 Å². The van der Waals surface area contributed by atoms with Crippen molar-refractivity contribution in [3.8, 4) is 11.5 Å². The quantitative estimate of drug-likeness (QED) is 0.499. The Morgan fingerprint density at radius 3 is 2.41 bits per heavy atom. The van der Waals surface area contributed by atoms with E-state index < -0.39 is 0 Å². The molecule has 0 aliphatic rings. The van der Waals surface area contributed by atoms with E-state index in [1.165, 1.54) is 23.9 Å². The zero-order valence-corrected chi connectivity index (χ0v) is 13.1. The van der Waals surface area contributed by atoms with E-state index in [9.17, 15) is 4.39 Å². The molecule has 0 bridgehead atoms.